The van der Waals surface area contributed by atoms with E-state index in [9.17, 15) is 13.2 Å². The van der Waals surface area contributed by atoms with Gasteiger partial charge in [0.05, 0.1) is 12.2 Å². The highest BCUT2D eigenvalue weighted by atomic mass is 32.2. The Balaban J connectivity index is 1.32. The molecular weight excluding hydrogens is 420 g/mol. The Morgan fingerprint density at radius 1 is 1.33 bits per heavy atom. The van der Waals surface area contributed by atoms with Crippen LogP contribution in [-0.4, -0.2) is 74.5 Å². The normalized spacial score (nSPS) is 27.8. The van der Waals surface area contributed by atoms with E-state index in [1.165, 1.54) is 15.3 Å². The van der Waals surface area contributed by atoms with Crippen LogP contribution >= 0.6 is 11.3 Å². The quantitative estimate of drug-likeness (QED) is 0.661. The van der Waals surface area contributed by atoms with E-state index < -0.39 is 9.84 Å². The SMILES string of the molecule is CCc1cc2c(s1)CCO[C@@]21CCN(CC2CN(C(=O)CS(=O)(=O)CC)C2)[C@@H](C)C1. The Morgan fingerprint density at radius 2 is 2.10 bits per heavy atom. The van der Waals surface area contributed by atoms with Crippen molar-refractivity contribution in [1.29, 1.82) is 0 Å². The summed E-state index contributed by atoms with van der Waals surface area (Å²) in [6.45, 7) is 10.3. The van der Waals surface area contributed by atoms with Crippen LogP contribution in [0, 0.1) is 5.92 Å². The second-order valence-corrected chi connectivity index (χ2v) is 12.7. The number of hydrogen-bond acceptors (Lipinski definition) is 6. The molecule has 1 amide bonds. The van der Waals surface area contributed by atoms with Crippen LogP contribution in [0.5, 0.6) is 0 Å². The van der Waals surface area contributed by atoms with Crippen LogP contribution in [0.4, 0.5) is 0 Å². The molecule has 2 atom stereocenters. The standard InChI is InChI=1S/C22H34N2O4S2/c1-4-18-10-19-20(29-18)6-9-28-22(19)7-8-23(16(3)11-22)12-17-13-24(14-17)21(25)15-30(26,27)5-2/h10,16-17H,4-9,11-15H2,1-3H3/t16-,22+/m0/s1. The monoisotopic (exact) mass is 454 g/mol. The van der Waals surface area contributed by atoms with Crippen molar-refractivity contribution in [3.05, 3.63) is 21.4 Å². The number of likely N-dealkylation sites (tertiary alicyclic amines) is 2. The fourth-order valence-electron chi connectivity index (χ4n) is 5.15. The lowest BCUT2D eigenvalue weighted by Gasteiger charge is -2.49. The number of carbonyl (C=O) groups excluding carboxylic acids is 1. The number of carbonyl (C=O) groups is 1. The predicted octanol–water partition coefficient (Wildman–Crippen LogP) is 2.46. The number of aryl methyl sites for hydroxylation is 1. The van der Waals surface area contributed by atoms with E-state index in [1.807, 2.05) is 11.3 Å². The molecule has 1 spiro atoms. The predicted molar refractivity (Wildman–Crippen MR) is 120 cm³/mol. The first-order chi connectivity index (χ1) is 14.2. The van der Waals surface area contributed by atoms with Crippen LogP contribution in [0.2, 0.25) is 0 Å². The summed E-state index contributed by atoms with van der Waals surface area (Å²) in [5.41, 5.74) is 1.32. The molecule has 168 valence electrons. The van der Waals surface area contributed by atoms with E-state index in [4.69, 9.17) is 4.74 Å². The fraction of sp³-hybridized carbons (Fsp3) is 0.773. The van der Waals surface area contributed by atoms with Gasteiger partial charge in [-0.3, -0.25) is 4.79 Å². The Hall–Kier alpha value is -0.960. The van der Waals surface area contributed by atoms with Crippen LogP contribution in [-0.2, 0) is 37.8 Å². The Morgan fingerprint density at radius 3 is 2.77 bits per heavy atom. The summed E-state index contributed by atoms with van der Waals surface area (Å²) in [5.74, 6) is -0.133. The number of piperidine rings is 1. The molecule has 4 rings (SSSR count). The Labute approximate surface area is 184 Å². The molecule has 2 fully saturated rings. The molecule has 0 radical (unpaired) electrons. The number of amides is 1. The summed E-state index contributed by atoms with van der Waals surface area (Å²) in [6, 6.07) is 2.82. The minimum atomic E-state index is -3.25. The Kier molecular flexibility index (Phi) is 6.32. The van der Waals surface area contributed by atoms with Crippen molar-refractivity contribution in [2.75, 3.05) is 44.3 Å². The molecule has 0 aromatic carbocycles. The fourth-order valence-corrected chi connectivity index (χ4v) is 7.09. The van der Waals surface area contributed by atoms with Crippen molar-refractivity contribution in [3.8, 4) is 0 Å². The molecule has 6 nitrogen and oxygen atoms in total. The molecule has 0 N–H and O–H groups in total. The molecular formula is C22H34N2O4S2. The van der Waals surface area contributed by atoms with Gasteiger partial charge in [0, 0.05) is 60.1 Å². The van der Waals surface area contributed by atoms with Gasteiger partial charge in [0.2, 0.25) is 5.91 Å². The van der Waals surface area contributed by atoms with Crippen molar-refractivity contribution < 1.29 is 17.9 Å². The summed E-state index contributed by atoms with van der Waals surface area (Å²) in [4.78, 5) is 19.4. The van der Waals surface area contributed by atoms with E-state index in [-0.39, 0.29) is 23.0 Å². The van der Waals surface area contributed by atoms with Crippen LogP contribution in [0.25, 0.3) is 0 Å². The summed E-state index contributed by atoms with van der Waals surface area (Å²) in [5, 5.41) is 0. The largest absolute Gasteiger partial charge is 0.370 e. The molecule has 4 heterocycles. The molecule has 0 saturated carbocycles. The molecule has 3 aliphatic rings. The summed E-state index contributed by atoms with van der Waals surface area (Å²) < 4.78 is 29.8. The van der Waals surface area contributed by atoms with Crippen LogP contribution in [0.15, 0.2) is 6.07 Å². The average molecular weight is 455 g/mol. The van der Waals surface area contributed by atoms with Gasteiger partial charge in [-0.15, -0.1) is 11.3 Å². The van der Waals surface area contributed by atoms with Crippen molar-refractivity contribution in [1.82, 2.24) is 9.80 Å². The van der Waals surface area contributed by atoms with Gasteiger partial charge in [0.15, 0.2) is 9.84 Å². The highest BCUT2D eigenvalue weighted by Gasteiger charge is 2.45. The molecule has 0 unspecified atom stereocenters. The number of hydrogen-bond donors (Lipinski definition) is 0. The van der Waals surface area contributed by atoms with Crippen LogP contribution in [0.1, 0.15) is 48.9 Å². The van der Waals surface area contributed by atoms with E-state index in [1.54, 1.807) is 11.8 Å². The maximum atomic E-state index is 12.2. The minimum Gasteiger partial charge on any atom is -0.370 e. The van der Waals surface area contributed by atoms with Crippen LogP contribution < -0.4 is 0 Å². The summed E-state index contributed by atoms with van der Waals surface area (Å²) >= 11 is 1.96. The molecule has 2 saturated heterocycles. The van der Waals surface area contributed by atoms with Gasteiger partial charge in [0.1, 0.15) is 5.75 Å². The number of thiophene rings is 1. The molecule has 8 heteroatoms. The minimum absolute atomic E-state index is 0.0245. The van der Waals surface area contributed by atoms with E-state index in [0.717, 1.165) is 45.4 Å². The van der Waals surface area contributed by atoms with E-state index >= 15 is 0 Å². The first kappa shape index (κ1) is 22.2. The lowest BCUT2D eigenvalue weighted by atomic mass is 9.79. The Bertz CT molecular complexity index is 891. The molecule has 1 aromatic rings. The van der Waals surface area contributed by atoms with Crippen molar-refractivity contribution in [2.45, 2.75) is 58.1 Å². The summed E-state index contributed by atoms with van der Waals surface area (Å²) in [7, 11) is -3.25. The van der Waals surface area contributed by atoms with Crippen molar-refractivity contribution in [2.24, 2.45) is 5.92 Å². The zero-order valence-electron chi connectivity index (χ0n) is 18.4. The lowest BCUT2D eigenvalue weighted by molar-refractivity contribution is -0.137. The van der Waals surface area contributed by atoms with Crippen molar-refractivity contribution >= 4 is 27.1 Å². The second kappa shape index (κ2) is 8.52. The van der Waals surface area contributed by atoms with Gasteiger partial charge < -0.3 is 14.5 Å². The third-order valence-corrected chi connectivity index (χ3v) is 9.95. The lowest BCUT2D eigenvalue weighted by Crippen LogP contribution is -2.58. The third-order valence-electron chi connectivity index (χ3n) is 7.04. The van der Waals surface area contributed by atoms with Crippen molar-refractivity contribution in [3.63, 3.8) is 0 Å². The topological polar surface area (TPSA) is 66.9 Å². The molecule has 30 heavy (non-hydrogen) atoms. The first-order valence-corrected chi connectivity index (χ1v) is 13.9. The average Bonchev–Trinajstić information content (AvgIpc) is 3.10. The second-order valence-electron chi connectivity index (χ2n) is 9.14. The zero-order valence-corrected chi connectivity index (χ0v) is 20.0. The zero-order chi connectivity index (χ0) is 21.5. The maximum absolute atomic E-state index is 12.2. The number of ether oxygens (including phenoxy) is 1. The highest BCUT2D eigenvalue weighted by Crippen LogP contribution is 2.46. The highest BCUT2D eigenvalue weighted by molar-refractivity contribution is 7.92. The first-order valence-electron chi connectivity index (χ1n) is 11.2. The third kappa shape index (κ3) is 4.33. The molecule has 0 aliphatic carbocycles. The number of rotatable bonds is 6. The molecule has 1 aromatic heterocycles. The maximum Gasteiger partial charge on any atom is 0.237 e. The number of nitrogens with zero attached hydrogens (tertiary/aromatic N) is 2. The summed E-state index contributed by atoms with van der Waals surface area (Å²) in [6.07, 6.45) is 4.17. The van der Waals surface area contributed by atoms with Gasteiger partial charge >= 0.3 is 0 Å². The van der Waals surface area contributed by atoms with E-state index in [2.05, 4.69) is 24.8 Å². The smallest absolute Gasteiger partial charge is 0.237 e. The molecule has 3 aliphatic heterocycles. The molecule has 0 bridgehead atoms. The van der Waals surface area contributed by atoms with Gasteiger partial charge in [-0.1, -0.05) is 13.8 Å². The van der Waals surface area contributed by atoms with Gasteiger partial charge in [-0.05, 0) is 37.8 Å². The number of fused-ring (bicyclic) bond motifs is 2. The van der Waals surface area contributed by atoms with Gasteiger partial charge in [-0.25, -0.2) is 8.42 Å². The van der Waals surface area contributed by atoms with Gasteiger partial charge in [-0.2, -0.15) is 0 Å². The van der Waals surface area contributed by atoms with Crippen LogP contribution in [0.3, 0.4) is 0 Å². The van der Waals surface area contributed by atoms with E-state index in [0.29, 0.717) is 25.0 Å². The number of sulfone groups is 1. The van der Waals surface area contributed by atoms with Gasteiger partial charge in [0.25, 0.3) is 0 Å².